The molecular weight excluding hydrogens is 424 g/mol. The smallest absolute Gasteiger partial charge is 0.251 e. The molecule has 0 aromatic heterocycles. The summed E-state index contributed by atoms with van der Waals surface area (Å²) in [5.41, 5.74) is 1.51. The van der Waals surface area contributed by atoms with E-state index in [9.17, 15) is 4.79 Å². The second kappa shape index (κ2) is 9.90. The van der Waals surface area contributed by atoms with Crippen molar-refractivity contribution in [2.24, 2.45) is 0 Å². The second-order valence-corrected chi connectivity index (χ2v) is 10.3. The summed E-state index contributed by atoms with van der Waals surface area (Å²) in [5, 5.41) is 6.90. The van der Waals surface area contributed by atoms with Gasteiger partial charge in [-0.2, -0.15) is 0 Å². The number of benzene rings is 3. The highest BCUT2D eigenvalue weighted by Gasteiger charge is 2.38. The van der Waals surface area contributed by atoms with Crippen LogP contribution in [0.2, 0.25) is 0 Å². The van der Waals surface area contributed by atoms with Gasteiger partial charge in [0.15, 0.2) is 11.5 Å². The van der Waals surface area contributed by atoms with E-state index in [1.807, 2.05) is 60.7 Å². The number of ether oxygens (including phenoxy) is 2. The summed E-state index contributed by atoms with van der Waals surface area (Å²) < 4.78 is 12.2. The lowest BCUT2D eigenvalue weighted by Crippen LogP contribution is -2.62. The molecule has 34 heavy (non-hydrogen) atoms. The number of nitrogens with one attached hydrogen (secondary N) is 2. The van der Waals surface area contributed by atoms with Gasteiger partial charge in [-0.15, -0.1) is 0 Å². The maximum absolute atomic E-state index is 13.2. The van der Waals surface area contributed by atoms with Crippen molar-refractivity contribution in [2.45, 2.75) is 64.3 Å². The van der Waals surface area contributed by atoms with E-state index in [2.05, 4.69) is 38.3 Å². The van der Waals surface area contributed by atoms with E-state index in [0.717, 1.165) is 18.4 Å². The summed E-state index contributed by atoms with van der Waals surface area (Å²) in [7, 11) is 0. The van der Waals surface area contributed by atoms with Gasteiger partial charge in [-0.3, -0.25) is 4.79 Å². The third-order valence-corrected chi connectivity index (χ3v) is 5.94. The lowest BCUT2D eigenvalue weighted by atomic mass is 9.79. The Morgan fingerprint density at radius 2 is 1.50 bits per heavy atom. The molecule has 5 nitrogen and oxygen atoms in total. The molecule has 1 fully saturated rings. The number of carbonyl (C=O) groups is 1. The maximum atomic E-state index is 13.2. The van der Waals surface area contributed by atoms with Gasteiger partial charge < -0.3 is 20.1 Å². The average Bonchev–Trinajstić information content (AvgIpc) is 2.77. The Hall–Kier alpha value is -3.31. The Kier molecular flexibility index (Phi) is 6.94. The highest BCUT2D eigenvalue weighted by Crippen LogP contribution is 2.34. The Labute approximate surface area is 202 Å². The monoisotopic (exact) mass is 458 g/mol. The van der Waals surface area contributed by atoms with E-state index in [-0.39, 0.29) is 23.0 Å². The van der Waals surface area contributed by atoms with Crippen LogP contribution in [0.25, 0.3) is 0 Å². The van der Waals surface area contributed by atoms with Crippen LogP contribution in [-0.4, -0.2) is 23.0 Å². The van der Waals surface area contributed by atoms with E-state index in [1.165, 1.54) is 0 Å². The number of piperidine rings is 1. The van der Waals surface area contributed by atoms with Crippen molar-refractivity contribution in [3.8, 4) is 17.2 Å². The Balaban J connectivity index is 1.54. The largest absolute Gasteiger partial charge is 0.485 e. The van der Waals surface area contributed by atoms with Crippen molar-refractivity contribution >= 4 is 5.91 Å². The predicted octanol–water partition coefficient (Wildman–Crippen LogP) is 6.10. The standard InChI is InChI=1S/C29H34N2O3/c1-28(2)18-23(19-29(3,4)31-28)30-27(32)22-15-16-25(34-24-13-9-6-10-14-24)26(17-22)33-20-21-11-7-5-8-12-21/h5-17,23,31H,18-20H2,1-4H3,(H,30,32). The molecule has 1 aliphatic heterocycles. The van der Waals surface area contributed by atoms with Gasteiger partial charge in [0.1, 0.15) is 12.4 Å². The van der Waals surface area contributed by atoms with Gasteiger partial charge in [0.25, 0.3) is 5.91 Å². The molecule has 0 radical (unpaired) electrons. The molecule has 1 amide bonds. The highest BCUT2D eigenvalue weighted by atomic mass is 16.5. The van der Waals surface area contributed by atoms with Crippen molar-refractivity contribution in [3.63, 3.8) is 0 Å². The zero-order valence-electron chi connectivity index (χ0n) is 20.4. The average molecular weight is 459 g/mol. The molecule has 0 saturated carbocycles. The van der Waals surface area contributed by atoms with Crippen LogP contribution >= 0.6 is 0 Å². The van der Waals surface area contributed by atoms with Crippen LogP contribution in [0.1, 0.15) is 56.5 Å². The number of rotatable bonds is 7. The zero-order valence-corrected chi connectivity index (χ0v) is 20.4. The van der Waals surface area contributed by atoms with Gasteiger partial charge >= 0.3 is 0 Å². The highest BCUT2D eigenvalue weighted by molar-refractivity contribution is 5.95. The summed E-state index contributed by atoms with van der Waals surface area (Å²) in [5.74, 6) is 1.71. The van der Waals surface area contributed by atoms with Gasteiger partial charge in [0, 0.05) is 22.7 Å². The van der Waals surface area contributed by atoms with Crippen LogP contribution in [0.3, 0.4) is 0 Å². The molecule has 1 heterocycles. The molecule has 3 aromatic rings. The Morgan fingerprint density at radius 3 is 2.15 bits per heavy atom. The van der Waals surface area contributed by atoms with Crippen LogP contribution < -0.4 is 20.1 Å². The van der Waals surface area contributed by atoms with Crippen LogP contribution in [0, 0.1) is 0 Å². The number of hydrogen-bond donors (Lipinski definition) is 2. The van der Waals surface area contributed by atoms with Crippen molar-refractivity contribution in [3.05, 3.63) is 90.0 Å². The van der Waals surface area contributed by atoms with Crippen LogP contribution in [-0.2, 0) is 6.61 Å². The molecule has 1 saturated heterocycles. The molecule has 178 valence electrons. The second-order valence-electron chi connectivity index (χ2n) is 10.3. The first kappa shape index (κ1) is 23.8. The fraction of sp³-hybridized carbons (Fsp3) is 0.345. The fourth-order valence-electron chi connectivity index (χ4n) is 4.89. The fourth-order valence-corrected chi connectivity index (χ4v) is 4.89. The summed E-state index contributed by atoms with van der Waals surface area (Å²) >= 11 is 0. The molecule has 0 atom stereocenters. The van der Waals surface area contributed by atoms with Gasteiger partial charge in [-0.25, -0.2) is 0 Å². The maximum Gasteiger partial charge on any atom is 0.251 e. The van der Waals surface area contributed by atoms with Crippen molar-refractivity contribution in [2.75, 3.05) is 0 Å². The first-order chi connectivity index (χ1) is 16.2. The van der Waals surface area contributed by atoms with Crippen molar-refractivity contribution in [1.82, 2.24) is 10.6 Å². The van der Waals surface area contributed by atoms with E-state index >= 15 is 0 Å². The number of carbonyl (C=O) groups excluding carboxylic acids is 1. The lowest BCUT2D eigenvalue weighted by molar-refractivity contribution is 0.0872. The normalized spacial score (nSPS) is 17.1. The summed E-state index contributed by atoms with van der Waals surface area (Å²) in [4.78, 5) is 13.2. The first-order valence-corrected chi connectivity index (χ1v) is 11.8. The van der Waals surface area contributed by atoms with E-state index < -0.39 is 0 Å². The predicted molar refractivity (Wildman–Crippen MR) is 136 cm³/mol. The topological polar surface area (TPSA) is 59.6 Å². The molecule has 0 bridgehead atoms. The molecule has 2 N–H and O–H groups in total. The third-order valence-electron chi connectivity index (χ3n) is 5.94. The van der Waals surface area contributed by atoms with E-state index in [0.29, 0.717) is 29.4 Å². The zero-order chi connectivity index (χ0) is 24.2. The molecule has 3 aromatic carbocycles. The van der Waals surface area contributed by atoms with Gasteiger partial charge in [0.05, 0.1) is 0 Å². The van der Waals surface area contributed by atoms with Gasteiger partial charge in [0.2, 0.25) is 0 Å². The van der Waals surface area contributed by atoms with Crippen LogP contribution in [0.15, 0.2) is 78.9 Å². The van der Waals surface area contributed by atoms with Crippen LogP contribution in [0.4, 0.5) is 0 Å². The quantitative estimate of drug-likeness (QED) is 0.449. The van der Waals surface area contributed by atoms with E-state index in [1.54, 1.807) is 18.2 Å². The summed E-state index contributed by atoms with van der Waals surface area (Å²) in [6.07, 6.45) is 1.74. The van der Waals surface area contributed by atoms with Gasteiger partial charge in [-0.1, -0.05) is 48.5 Å². The molecule has 4 rings (SSSR count). The first-order valence-electron chi connectivity index (χ1n) is 11.8. The molecule has 5 heteroatoms. The summed E-state index contributed by atoms with van der Waals surface area (Å²) in [6, 6.07) is 25.0. The minimum atomic E-state index is -0.102. The molecular formula is C29H34N2O3. The third kappa shape index (κ3) is 6.39. The Morgan fingerprint density at radius 1 is 0.882 bits per heavy atom. The minimum absolute atomic E-state index is 0.0446. The molecule has 1 aliphatic rings. The number of hydrogen-bond acceptors (Lipinski definition) is 4. The van der Waals surface area contributed by atoms with Crippen molar-refractivity contribution in [1.29, 1.82) is 0 Å². The molecule has 0 spiro atoms. The SMILES string of the molecule is CC1(C)CC(NC(=O)c2ccc(Oc3ccccc3)c(OCc3ccccc3)c2)CC(C)(C)N1. The van der Waals surface area contributed by atoms with Crippen molar-refractivity contribution < 1.29 is 14.3 Å². The van der Waals surface area contributed by atoms with E-state index in [4.69, 9.17) is 9.47 Å². The lowest BCUT2D eigenvalue weighted by Gasteiger charge is -2.46. The number of amides is 1. The summed E-state index contributed by atoms with van der Waals surface area (Å²) in [6.45, 7) is 9.10. The number of para-hydroxylation sites is 1. The molecule has 0 unspecified atom stereocenters. The molecule has 0 aliphatic carbocycles. The van der Waals surface area contributed by atoms with Crippen LogP contribution in [0.5, 0.6) is 17.2 Å². The Bertz CT molecular complexity index is 1090. The van der Waals surface area contributed by atoms with Gasteiger partial charge in [-0.05, 0) is 76.4 Å². The minimum Gasteiger partial charge on any atom is -0.485 e.